The smallest absolute Gasteiger partial charge is 0.255 e. The average molecular weight is 554 g/mol. The zero-order valence-corrected chi connectivity index (χ0v) is 23.2. The monoisotopic (exact) mass is 553 g/mol. The molecule has 0 spiro atoms. The maximum absolute atomic E-state index is 12.8. The minimum absolute atomic E-state index is 0.162. The van der Waals surface area contributed by atoms with Crippen LogP contribution in [0.2, 0.25) is 0 Å². The third kappa shape index (κ3) is 6.06. The summed E-state index contributed by atoms with van der Waals surface area (Å²) >= 11 is 0. The molecule has 4 N–H and O–H groups in total. The Kier molecular flexibility index (Phi) is 7.74. The molecule has 6 rings (SSSR count). The lowest BCUT2D eigenvalue weighted by Gasteiger charge is -2.16. The number of nitrogens with one attached hydrogen (secondary N) is 2. The Labute approximate surface area is 244 Å². The molecule has 1 amide bonds. The van der Waals surface area contributed by atoms with Gasteiger partial charge in [-0.2, -0.15) is 5.10 Å². The molecule has 1 atom stereocenters. The van der Waals surface area contributed by atoms with Crippen molar-refractivity contribution in [2.75, 3.05) is 11.9 Å². The van der Waals surface area contributed by atoms with Gasteiger partial charge in [0.1, 0.15) is 12.4 Å². The van der Waals surface area contributed by atoms with Gasteiger partial charge in [-0.3, -0.25) is 14.9 Å². The van der Waals surface area contributed by atoms with Crippen molar-refractivity contribution in [2.24, 2.45) is 5.73 Å². The van der Waals surface area contributed by atoms with Crippen LogP contribution in [-0.4, -0.2) is 33.7 Å². The fraction of sp³-hybridized carbons (Fsp3) is 0.114. The number of anilines is 1. The van der Waals surface area contributed by atoms with Crippen LogP contribution in [0, 0.1) is 6.92 Å². The molecular weight excluding hydrogens is 522 g/mol. The van der Waals surface area contributed by atoms with Crippen LogP contribution >= 0.6 is 0 Å². The molecule has 2 aromatic heterocycles. The van der Waals surface area contributed by atoms with Crippen LogP contribution in [0.3, 0.4) is 0 Å². The minimum atomic E-state index is -0.169. The number of amides is 1. The first-order valence-electron chi connectivity index (χ1n) is 13.9. The summed E-state index contributed by atoms with van der Waals surface area (Å²) in [5.41, 5.74) is 14.3. The number of nitrogens with two attached hydrogens (primary N) is 1. The lowest BCUT2D eigenvalue weighted by molar-refractivity contribution is 0.102. The van der Waals surface area contributed by atoms with Gasteiger partial charge in [0.2, 0.25) is 0 Å². The highest BCUT2D eigenvalue weighted by Crippen LogP contribution is 2.36. The lowest BCUT2D eigenvalue weighted by Crippen LogP contribution is -2.30. The highest BCUT2D eigenvalue weighted by atomic mass is 16.5. The number of hydrogen-bond donors (Lipinski definition) is 3. The van der Waals surface area contributed by atoms with E-state index in [-0.39, 0.29) is 11.9 Å². The number of carbonyl (C=O) groups excluding carboxylic acids is 1. The SMILES string of the molecule is Cc1n[nH]c2ccc(-c3cc(OC[C@H](N)Cc4ccccc4)cnc3-c3cccc(NC(=O)c4ccccc4)c3)cc12. The molecule has 6 aromatic rings. The zero-order chi connectivity index (χ0) is 28.9. The van der Waals surface area contributed by atoms with Crippen molar-refractivity contribution in [1.82, 2.24) is 15.2 Å². The molecule has 7 heteroatoms. The number of aromatic amines is 1. The van der Waals surface area contributed by atoms with Crippen LogP contribution < -0.4 is 15.8 Å². The number of ether oxygens (including phenoxy) is 1. The van der Waals surface area contributed by atoms with E-state index in [0.717, 1.165) is 45.4 Å². The third-order valence-electron chi connectivity index (χ3n) is 7.16. The molecule has 0 aliphatic heterocycles. The number of fused-ring (bicyclic) bond motifs is 1. The molecule has 0 aliphatic carbocycles. The van der Waals surface area contributed by atoms with E-state index in [9.17, 15) is 4.79 Å². The van der Waals surface area contributed by atoms with Crippen LogP contribution in [0.1, 0.15) is 21.6 Å². The summed E-state index contributed by atoms with van der Waals surface area (Å²) in [6.45, 7) is 2.34. The van der Waals surface area contributed by atoms with Crippen LogP contribution in [0.5, 0.6) is 5.75 Å². The van der Waals surface area contributed by atoms with Crippen molar-refractivity contribution in [3.63, 3.8) is 0 Å². The quantitative estimate of drug-likeness (QED) is 0.183. The fourth-order valence-corrected chi connectivity index (χ4v) is 5.00. The number of H-pyrrole nitrogens is 1. The second-order valence-corrected chi connectivity index (χ2v) is 10.3. The van der Waals surface area contributed by atoms with Gasteiger partial charge < -0.3 is 15.8 Å². The van der Waals surface area contributed by atoms with Crippen molar-refractivity contribution in [1.29, 1.82) is 0 Å². The molecule has 0 aliphatic rings. The standard InChI is InChI=1S/C35H31N5O2/c1-23-31-19-26(15-16-33(31)40-39-23)32-20-30(42-22-28(36)17-24-9-4-2-5-10-24)21-37-34(32)27-13-8-14-29(18-27)38-35(41)25-11-6-3-7-12-25/h2-16,18-21,28H,17,22,36H2,1H3,(H,38,41)(H,39,40)/t28-/m1/s1. The van der Waals surface area contributed by atoms with Gasteiger partial charge in [-0.15, -0.1) is 0 Å². The van der Waals surface area contributed by atoms with Crippen LogP contribution in [0.15, 0.2) is 115 Å². The lowest BCUT2D eigenvalue weighted by atomic mass is 9.97. The molecule has 4 aromatic carbocycles. The maximum Gasteiger partial charge on any atom is 0.255 e. The Hall–Kier alpha value is -5.27. The molecule has 0 saturated heterocycles. The number of nitrogens with zero attached hydrogens (tertiary/aromatic N) is 2. The van der Waals surface area contributed by atoms with E-state index < -0.39 is 0 Å². The number of hydrogen-bond acceptors (Lipinski definition) is 5. The third-order valence-corrected chi connectivity index (χ3v) is 7.16. The maximum atomic E-state index is 12.8. The first-order chi connectivity index (χ1) is 20.5. The van der Waals surface area contributed by atoms with Crippen molar-refractivity contribution < 1.29 is 9.53 Å². The van der Waals surface area contributed by atoms with Crippen LogP contribution in [0.25, 0.3) is 33.3 Å². The summed E-state index contributed by atoms with van der Waals surface area (Å²) in [6, 6.07) is 35.0. The van der Waals surface area contributed by atoms with Gasteiger partial charge in [-0.05, 0) is 66.9 Å². The summed E-state index contributed by atoms with van der Waals surface area (Å²) in [6.07, 6.45) is 2.45. The van der Waals surface area contributed by atoms with Crippen LogP contribution in [0.4, 0.5) is 5.69 Å². The number of benzene rings is 4. The number of pyridine rings is 1. The molecular formula is C35H31N5O2. The molecule has 0 fully saturated rings. The summed E-state index contributed by atoms with van der Waals surface area (Å²) in [4.78, 5) is 17.7. The van der Waals surface area contributed by atoms with E-state index in [1.54, 1.807) is 18.3 Å². The summed E-state index contributed by atoms with van der Waals surface area (Å²) in [7, 11) is 0. The van der Waals surface area contributed by atoms with E-state index in [0.29, 0.717) is 23.6 Å². The predicted molar refractivity (Wildman–Crippen MR) is 168 cm³/mol. The second kappa shape index (κ2) is 12.1. The van der Waals surface area contributed by atoms with E-state index in [1.165, 1.54) is 5.56 Å². The molecule has 7 nitrogen and oxygen atoms in total. The molecule has 2 heterocycles. The van der Waals surface area contributed by atoms with Crippen molar-refractivity contribution >= 4 is 22.5 Å². The zero-order valence-electron chi connectivity index (χ0n) is 23.2. The first kappa shape index (κ1) is 26.9. The largest absolute Gasteiger partial charge is 0.490 e. The van der Waals surface area contributed by atoms with Crippen molar-refractivity contribution in [3.8, 4) is 28.1 Å². The van der Waals surface area contributed by atoms with Gasteiger partial charge in [-0.1, -0.05) is 66.7 Å². The molecule has 0 radical (unpaired) electrons. The molecule has 0 unspecified atom stereocenters. The Morgan fingerprint density at radius 3 is 2.50 bits per heavy atom. The van der Waals surface area contributed by atoms with Crippen molar-refractivity contribution in [3.05, 3.63) is 132 Å². The first-order valence-corrected chi connectivity index (χ1v) is 13.9. The summed E-state index contributed by atoms with van der Waals surface area (Å²) in [5, 5.41) is 11.5. The van der Waals surface area contributed by atoms with Gasteiger partial charge in [0.05, 0.1) is 23.1 Å². The Bertz CT molecular complexity index is 1830. The topological polar surface area (TPSA) is 106 Å². The highest BCUT2D eigenvalue weighted by molar-refractivity contribution is 6.04. The van der Waals surface area contributed by atoms with E-state index in [2.05, 4.69) is 33.7 Å². The van der Waals surface area contributed by atoms with Gasteiger partial charge >= 0.3 is 0 Å². The van der Waals surface area contributed by atoms with Gasteiger partial charge in [0, 0.05) is 33.8 Å². The summed E-state index contributed by atoms with van der Waals surface area (Å²) < 4.78 is 6.15. The Balaban J connectivity index is 1.31. The Morgan fingerprint density at radius 1 is 0.905 bits per heavy atom. The number of carbonyl (C=O) groups is 1. The van der Waals surface area contributed by atoms with Gasteiger partial charge in [-0.25, -0.2) is 0 Å². The highest BCUT2D eigenvalue weighted by Gasteiger charge is 2.15. The molecule has 208 valence electrons. The van der Waals surface area contributed by atoms with Crippen LogP contribution in [-0.2, 0) is 6.42 Å². The van der Waals surface area contributed by atoms with E-state index in [1.807, 2.05) is 85.8 Å². The molecule has 0 saturated carbocycles. The van der Waals surface area contributed by atoms with Crippen molar-refractivity contribution in [2.45, 2.75) is 19.4 Å². The van der Waals surface area contributed by atoms with Gasteiger partial charge in [0.15, 0.2) is 0 Å². The number of aromatic nitrogens is 3. The average Bonchev–Trinajstić information content (AvgIpc) is 3.40. The Morgan fingerprint density at radius 2 is 1.69 bits per heavy atom. The number of aryl methyl sites for hydroxylation is 1. The second-order valence-electron chi connectivity index (χ2n) is 10.3. The fourth-order valence-electron chi connectivity index (χ4n) is 5.00. The van der Waals surface area contributed by atoms with Gasteiger partial charge in [0.25, 0.3) is 5.91 Å². The predicted octanol–water partition coefficient (Wildman–Crippen LogP) is 6.80. The summed E-state index contributed by atoms with van der Waals surface area (Å²) in [5.74, 6) is 0.465. The minimum Gasteiger partial charge on any atom is -0.490 e. The molecule has 0 bridgehead atoms. The molecule has 42 heavy (non-hydrogen) atoms. The normalized spacial score (nSPS) is 11.8. The number of rotatable bonds is 9. The van der Waals surface area contributed by atoms with E-state index in [4.69, 9.17) is 15.5 Å². The van der Waals surface area contributed by atoms with E-state index >= 15 is 0 Å².